The largest absolute Gasteiger partial charge is 0.367 e. The van der Waals surface area contributed by atoms with Crippen molar-refractivity contribution >= 4 is 5.69 Å². The number of anilines is 1. The molecular formula is C14H25N3. The SMILES string of the molecule is CCCCN(c1cnccc1CN)C(C)CC. The van der Waals surface area contributed by atoms with Crippen molar-refractivity contribution in [3.05, 3.63) is 24.0 Å². The van der Waals surface area contributed by atoms with Crippen LogP contribution < -0.4 is 10.6 Å². The van der Waals surface area contributed by atoms with Gasteiger partial charge in [-0.05, 0) is 31.4 Å². The molecule has 0 saturated carbocycles. The van der Waals surface area contributed by atoms with Crippen molar-refractivity contribution < 1.29 is 0 Å². The van der Waals surface area contributed by atoms with Gasteiger partial charge < -0.3 is 10.6 Å². The third-order valence-electron chi connectivity index (χ3n) is 3.29. The number of rotatable bonds is 7. The van der Waals surface area contributed by atoms with E-state index in [2.05, 4.69) is 30.7 Å². The fraction of sp³-hybridized carbons (Fsp3) is 0.643. The van der Waals surface area contributed by atoms with Crippen LogP contribution in [-0.2, 0) is 6.54 Å². The minimum absolute atomic E-state index is 0.538. The molecule has 0 amide bonds. The van der Waals surface area contributed by atoms with E-state index in [9.17, 15) is 0 Å². The molecule has 0 bridgehead atoms. The minimum Gasteiger partial charge on any atom is -0.367 e. The normalized spacial score (nSPS) is 12.5. The molecule has 1 rings (SSSR count). The highest BCUT2D eigenvalue weighted by atomic mass is 15.2. The van der Waals surface area contributed by atoms with E-state index in [1.807, 2.05) is 18.5 Å². The van der Waals surface area contributed by atoms with Crippen LogP contribution in [0.4, 0.5) is 5.69 Å². The van der Waals surface area contributed by atoms with Crippen LogP contribution in [0.5, 0.6) is 0 Å². The van der Waals surface area contributed by atoms with Gasteiger partial charge in [0.1, 0.15) is 0 Å². The van der Waals surface area contributed by atoms with Crippen LogP contribution in [-0.4, -0.2) is 17.6 Å². The Morgan fingerprint density at radius 3 is 2.76 bits per heavy atom. The third kappa shape index (κ3) is 3.70. The maximum Gasteiger partial charge on any atom is 0.0600 e. The molecule has 1 atom stereocenters. The summed E-state index contributed by atoms with van der Waals surface area (Å²) in [6.45, 7) is 8.38. The molecule has 3 nitrogen and oxygen atoms in total. The standard InChI is InChI=1S/C14H25N3/c1-4-6-9-17(12(3)5-2)14-11-16-8-7-13(14)10-15/h7-8,11-12H,4-6,9-10,15H2,1-3H3. The Balaban J connectivity index is 2.94. The Hall–Kier alpha value is -1.09. The lowest BCUT2D eigenvalue weighted by Gasteiger charge is -2.32. The summed E-state index contributed by atoms with van der Waals surface area (Å²) >= 11 is 0. The third-order valence-corrected chi connectivity index (χ3v) is 3.29. The fourth-order valence-electron chi connectivity index (χ4n) is 1.97. The zero-order valence-corrected chi connectivity index (χ0v) is 11.3. The van der Waals surface area contributed by atoms with Crippen molar-refractivity contribution in [3.63, 3.8) is 0 Å². The van der Waals surface area contributed by atoms with Crippen LogP contribution in [0.2, 0.25) is 0 Å². The first kappa shape index (κ1) is 14.0. The number of nitrogens with two attached hydrogens (primary N) is 1. The topological polar surface area (TPSA) is 42.2 Å². The Bertz CT molecular complexity index is 325. The molecule has 96 valence electrons. The first-order valence-electron chi connectivity index (χ1n) is 6.64. The number of hydrogen-bond donors (Lipinski definition) is 1. The van der Waals surface area contributed by atoms with Crippen LogP contribution in [0.25, 0.3) is 0 Å². The van der Waals surface area contributed by atoms with Crippen molar-refractivity contribution in [2.24, 2.45) is 5.73 Å². The van der Waals surface area contributed by atoms with Crippen molar-refractivity contribution in [2.75, 3.05) is 11.4 Å². The molecular weight excluding hydrogens is 210 g/mol. The van der Waals surface area contributed by atoms with Gasteiger partial charge in [0, 0.05) is 25.3 Å². The molecule has 0 saturated heterocycles. The molecule has 0 aliphatic heterocycles. The lowest BCUT2D eigenvalue weighted by atomic mass is 10.1. The lowest BCUT2D eigenvalue weighted by Crippen LogP contribution is -2.34. The van der Waals surface area contributed by atoms with E-state index in [1.165, 1.54) is 24.1 Å². The summed E-state index contributed by atoms with van der Waals surface area (Å²) < 4.78 is 0. The molecule has 1 aromatic rings. The average molecular weight is 235 g/mol. The molecule has 0 radical (unpaired) electrons. The van der Waals surface area contributed by atoms with E-state index >= 15 is 0 Å². The van der Waals surface area contributed by atoms with E-state index in [0.29, 0.717) is 12.6 Å². The molecule has 0 fully saturated rings. The first-order valence-corrected chi connectivity index (χ1v) is 6.64. The zero-order chi connectivity index (χ0) is 12.7. The second kappa shape index (κ2) is 7.28. The van der Waals surface area contributed by atoms with Gasteiger partial charge in [-0.2, -0.15) is 0 Å². The summed E-state index contributed by atoms with van der Waals surface area (Å²) in [6.07, 6.45) is 7.33. The van der Waals surface area contributed by atoms with E-state index in [-0.39, 0.29) is 0 Å². The second-order valence-corrected chi connectivity index (χ2v) is 4.51. The fourth-order valence-corrected chi connectivity index (χ4v) is 1.97. The highest BCUT2D eigenvalue weighted by molar-refractivity contribution is 5.52. The quantitative estimate of drug-likeness (QED) is 0.790. The highest BCUT2D eigenvalue weighted by Crippen LogP contribution is 2.22. The van der Waals surface area contributed by atoms with Crippen LogP contribution in [0.15, 0.2) is 18.5 Å². The molecule has 2 N–H and O–H groups in total. The van der Waals surface area contributed by atoms with Crippen molar-refractivity contribution in [3.8, 4) is 0 Å². The second-order valence-electron chi connectivity index (χ2n) is 4.51. The number of nitrogens with zero attached hydrogens (tertiary/aromatic N) is 2. The number of unbranched alkanes of at least 4 members (excludes halogenated alkanes) is 1. The molecule has 0 spiro atoms. The molecule has 0 aliphatic carbocycles. The smallest absolute Gasteiger partial charge is 0.0600 e. The average Bonchev–Trinajstić information content (AvgIpc) is 2.39. The van der Waals surface area contributed by atoms with Gasteiger partial charge in [-0.1, -0.05) is 20.3 Å². The van der Waals surface area contributed by atoms with Crippen LogP contribution in [0.1, 0.15) is 45.6 Å². The Morgan fingerprint density at radius 1 is 1.41 bits per heavy atom. The van der Waals surface area contributed by atoms with E-state index in [0.717, 1.165) is 13.0 Å². The van der Waals surface area contributed by atoms with Gasteiger partial charge in [-0.25, -0.2) is 0 Å². The molecule has 0 aliphatic rings. The Morgan fingerprint density at radius 2 is 2.18 bits per heavy atom. The molecule has 0 aromatic carbocycles. The van der Waals surface area contributed by atoms with Gasteiger partial charge in [0.2, 0.25) is 0 Å². The maximum absolute atomic E-state index is 5.80. The molecule has 1 unspecified atom stereocenters. The predicted molar refractivity (Wildman–Crippen MR) is 74.1 cm³/mol. The van der Waals surface area contributed by atoms with Gasteiger partial charge in [-0.3, -0.25) is 4.98 Å². The van der Waals surface area contributed by atoms with Crippen LogP contribution in [0.3, 0.4) is 0 Å². The molecule has 17 heavy (non-hydrogen) atoms. The first-order chi connectivity index (χ1) is 8.24. The highest BCUT2D eigenvalue weighted by Gasteiger charge is 2.15. The van der Waals surface area contributed by atoms with Gasteiger partial charge in [-0.15, -0.1) is 0 Å². The van der Waals surface area contributed by atoms with Gasteiger partial charge >= 0.3 is 0 Å². The summed E-state index contributed by atoms with van der Waals surface area (Å²) in [5.74, 6) is 0. The van der Waals surface area contributed by atoms with Crippen molar-refractivity contribution in [2.45, 2.75) is 52.6 Å². The molecule has 1 aromatic heterocycles. The summed E-state index contributed by atoms with van der Waals surface area (Å²) in [4.78, 5) is 6.68. The summed E-state index contributed by atoms with van der Waals surface area (Å²) in [6, 6.07) is 2.56. The number of aromatic nitrogens is 1. The summed E-state index contributed by atoms with van der Waals surface area (Å²) in [7, 11) is 0. The van der Waals surface area contributed by atoms with Gasteiger partial charge in [0.25, 0.3) is 0 Å². The van der Waals surface area contributed by atoms with E-state index in [4.69, 9.17) is 5.73 Å². The lowest BCUT2D eigenvalue weighted by molar-refractivity contribution is 0.592. The van der Waals surface area contributed by atoms with Gasteiger partial charge in [0.05, 0.1) is 11.9 Å². The van der Waals surface area contributed by atoms with Crippen molar-refractivity contribution in [1.29, 1.82) is 0 Å². The monoisotopic (exact) mass is 235 g/mol. The zero-order valence-electron chi connectivity index (χ0n) is 11.3. The number of hydrogen-bond acceptors (Lipinski definition) is 3. The van der Waals surface area contributed by atoms with E-state index < -0.39 is 0 Å². The van der Waals surface area contributed by atoms with Crippen LogP contribution >= 0.6 is 0 Å². The van der Waals surface area contributed by atoms with E-state index in [1.54, 1.807) is 0 Å². The Labute approximate surface area is 105 Å². The molecule has 1 heterocycles. The van der Waals surface area contributed by atoms with Crippen molar-refractivity contribution in [1.82, 2.24) is 4.98 Å². The number of pyridine rings is 1. The maximum atomic E-state index is 5.80. The predicted octanol–water partition coefficient (Wildman–Crippen LogP) is 2.95. The van der Waals surface area contributed by atoms with Crippen LogP contribution in [0, 0.1) is 0 Å². The summed E-state index contributed by atoms with van der Waals surface area (Å²) in [5.41, 5.74) is 8.20. The summed E-state index contributed by atoms with van der Waals surface area (Å²) in [5, 5.41) is 0. The molecule has 3 heteroatoms. The Kier molecular flexibility index (Phi) is 5.98. The van der Waals surface area contributed by atoms with Gasteiger partial charge in [0.15, 0.2) is 0 Å². The minimum atomic E-state index is 0.538.